The van der Waals surface area contributed by atoms with E-state index in [0.29, 0.717) is 33.0 Å². The van der Waals surface area contributed by atoms with E-state index in [1.807, 2.05) is 0 Å². The zero-order valence-corrected chi connectivity index (χ0v) is 16.2. The molecule has 1 unspecified atom stereocenters. The van der Waals surface area contributed by atoms with Crippen molar-refractivity contribution in [3.8, 4) is 0 Å². The number of carboxylic acid groups (broad SMARTS) is 2. The van der Waals surface area contributed by atoms with Gasteiger partial charge in [-0.25, -0.2) is 9.59 Å². The highest BCUT2D eigenvalue weighted by molar-refractivity contribution is 5.85. The fourth-order valence-electron chi connectivity index (χ4n) is 0.757. The lowest BCUT2D eigenvalue weighted by Gasteiger charge is -2.09. The molecule has 0 heterocycles. The Morgan fingerprint density at radius 3 is 1.48 bits per heavy atom. The molecule has 0 aromatic heterocycles. The van der Waals surface area contributed by atoms with Crippen molar-refractivity contribution in [2.24, 2.45) is 0 Å². The Labute approximate surface area is 159 Å². The fourth-order valence-corrected chi connectivity index (χ4v) is 0.757. The lowest BCUT2D eigenvalue weighted by molar-refractivity contribution is -0.133. The molecule has 0 aliphatic rings. The molecule has 10 nitrogen and oxygen atoms in total. The van der Waals surface area contributed by atoms with Crippen LogP contribution in [0.4, 0.5) is 0 Å². The van der Waals surface area contributed by atoms with Crippen molar-refractivity contribution in [1.82, 2.24) is 0 Å². The standard InChI is InChI=1S/C9H20O6.2C4H6O2/c1-12-9(11)8-15-7-6-14-5-4-13-3-2-10;2*1-3(2)4(5)6/h9-11H,2-8H2,1H3;2*1H2,2H3,(H,5,6). The predicted octanol–water partition coefficient (Wildman–Crippen LogP) is 0.288. The largest absolute Gasteiger partial charge is 0.478 e. The molecule has 0 rings (SSSR count). The van der Waals surface area contributed by atoms with Gasteiger partial charge in [0.2, 0.25) is 0 Å². The number of carboxylic acids is 2. The van der Waals surface area contributed by atoms with Crippen molar-refractivity contribution in [1.29, 1.82) is 0 Å². The lowest BCUT2D eigenvalue weighted by atomic mass is 10.4. The minimum Gasteiger partial charge on any atom is -0.478 e. The number of aliphatic carboxylic acids is 2. The predicted molar refractivity (Wildman–Crippen MR) is 97.5 cm³/mol. The van der Waals surface area contributed by atoms with Gasteiger partial charge in [0.1, 0.15) is 0 Å². The van der Waals surface area contributed by atoms with Crippen LogP contribution in [-0.2, 0) is 28.5 Å². The normalized spacial score (nSPS) is 10.6. The van der Waals surface area contributed by atoms with E-state index in [-0.39, 0.29) is 24.4 Å². The van der Waals surface area contributed by atoms with E-state index in [0.717, 1.165) is 0 Å². The first-order valence-corrected chi connectivity index (χ1v) is 7.92. The molecule has 0 aromatic carbocycles. The van der Waals surface area contributed by atoms with Gasteiger partial charge in [0, 0.05) is 18.3 Å². The maximum atomic E-state index is 9.60. The summed E-state index contributed by atoms with van der Waals surface area (Å²) < 4.78 is 19.7. The van der Waals surface area contributed by atoms with Crippen LogP contribution < -0.4 is 0 Å². The minimum absolute atomic E-state index is 0.0258. The number of methoxy groups -OCH3 is 1. The molecule has 160 valence electrons. The van der Waals surface area contributed by atoms with Crippen LogP contribution in [0.15, 0.2) is 24.3 Å². The summed E-state index contributed by atoms with van der Waals surface area (Å²) in [5.74, 6) is -1.87. The third-order valence-electron chi connectivity index (χ3n) is 2.24. The number of hydrogen-bond donors (Lipinski definition) is 4. The number of carbonyl (C=O) groups is 2. The van der Waals surface area contributed by atoms with Gasteiger partial charge >= 0.3 is 11.9 Å². The monoisotopic (exact) mass is 396 g/mol. The van der Waals surface area contributed by atoms with E-state index in [1.54, 1.807) is 0 Å². The summed E-state index contributed by atoms with van der Waals surface area (Å²) in [6, 6.07) is 0. The number of ether oxygens (including phenoxy) is 4. The number of aliphatic hydroxyl groups is 2. The van der Waals surface area contributed by atoms with Gasteiger partial charge < -0.3 is 39.4 Å². The molecule has 0 aliphatic carbocycles. The maximum Gasteiger partial charge on any atom is 0.330 e. The maximum absolute atomic E-state index is 9.60. The van der Waals surface area contributed by atoms with Crippen molar-refractivity contribution >= 4 is 11.9 Å². The van der Waals surface area contributed by atoms with E-state index < -0.39 is 18.2 Å². The molecular formula is C17H32O10. The van der Waals surface area contributed by atoms with Crippen LogP contribution >= 0.6 is 0 Å². The highest BCUT2D eigenvalue weighted by Crippen LogP contribution is 1.86. The quantitative estimate of drug-likeness (QED) is 0.194. The van der Waals surface area contributed by atoms with E-state index in [9.17, 15) is 9.59 Å². The number of aliphatic hydroxyl groups excluding tert-OH is 2. The Bertz CT molecular complexity index is 361. The molecule has 0 spiro atoms. The second kappa shape index (κ2) is 22.2. The summed E-state index contributed by atoms with van der Waals surface area (Å²) in [5, 5.41) is 33.1. The van der Waals surface area contributed by atoms with Gasteiger partial charge in [0.25, 0.3) is 0 Å². The molecule has 0 aliphatic heterocycles. The molecule has 0 bridgehead atoms. The minimum atomic E-state index is -0.935. The van der Waals surface area contributed by atoms with Gasteiger partial charge in [-0.3, -0.25) is 0 Å². The molecule has 4 N–H and O–H groups in total. The topological polar surface area (TPSA) is 152 Å². The zero-order valence-electron chi connectivity index (χ0n) is 16.2. The van der Waals surface area contributed by atoms with Crippen molar-refractivity contribution in [2.75, 3.05) is 53.4 Å². The van der Waals surface area contributed by atoms with E-state index in [1.165, 1.54) is 21.0 Å². The highest BCUT2D eigenvalue weighted by Gasteiger charge is 1.99. The van der Waals surface area contributed by atoms with Crippen LogP contribution in [0, 0.1) is 0 Å². The third-order valence-corrected chi connectivity index (χ3v) is 2.24. The van der Waals surface area contributed by atoms with E-state index >= 15 is 0 Å². The van der Waals surface area contributed by atoms with Crippen LogP contribution in [0.3, 0.4) is 0 Å². The molecule has 1 atom stereocenters. The summed E-state index contributed by atoms with van der Waals surface area (Å²) >= 11 is 0. The smallest absolute Gasteiger partial charge is 0.330 e. The van der Waals surface area contributed by atoms with Crippen molar-refractivity contribution in [2.45, 2.75) is 20.1 Å². The lowest BCUT2D eigenvalue weighted by Crippen LogP contribution is -2.19. The Morgan fingerprint density at radius 2 is 1.19 bits per heavy atom. The summed E-state index contributed by atoms with van der Waals surface area (Å²) in [7, 11) is 1.41. The second-order valence-electron chi connectivity index (χ2n) is 4.88. The summed E-state index contributed by atoms with van der Waals surface area (Å²) in [6.45, 7) is 11.5. The molecule has 0 saturated heterocycles. The Kier molecular flexibility index (Phi) is 24.6. The molecule has 10 heteroatoms. The Hall–Kier alpha value is -1.82. The van der Waals surface area contributed by atoms with Gasteiger partial charge in [-0.1, -0.05) is 13.2 Å². The molecule has 0 saturated carbocycles. The van der Waals surface area contributed by atoms with Gasteiger partial charge in [-0.05, 0) is 13.8 Å². The molecule has 0 aromatic rings. The van der Waals surface area contributed by atoms with E-state index in [4.69, 9.17) is 34.6 Å². The molecule has 0 fully saturated rings. The molecular weight excluding hydrogens is 364 g/mol. The van der Waals surface area contributed by atoms with Crippen LogP contribution in [0.2, 0.25) is 0 Å². The van der Waals surface area contributed by atoms with Gasteiger partial charge in [0.05, 0.1) is 46.2 Å². The van der Waals surface area contributed by atoms with Crippen LogP contribution in [-0.4, -0.2) is 92.0 Å². The average Bonchev–Trinajstić information content (AvgIpc) is 2.60. The van der Waals surface area contributed by atoms with Gasteiger partial charge in [-0.15, -0.1) is 0 Å². The second-order valence-corrected chi connectivity index (χ2v) is 4.88. The van der Waals surface area contributed by atoms with Crippen molar-refractivity contribution in [3.05, 3.63) is 24.3 Å². The third kappa shape index (κ3) is 32.3. The summed E-state index contributed by atoms with van der Waals surface area (Å²) in [4.78, 5) is 19.2. The molecule has 0 radical (unpaired) electrons. The highest BCUT2D eigenvalue weighted by atomic mass is 16.6. The van der Waals surface area contributed by atoms with Crippen molar-refractivity contribution in [3.63, 3.8) is 0 Å². The SMILES string of the molecule is C=C(C)C(=O)O.C=C(C)C(=O)O.COC(O)COCCOCCOCCO. The van der Waals surface area contributed by atoms with Gasteiger partial charge in [-0.2, -0.15) is 0 Å². The van der Waals surface area contributed by atoms with Crippen LogP contribution in [0.25, 0.3) is 0 Å². The van der Waals surface area contributed by atoms with Crippen LogP contribution in [0.1, 0.15) is 13.8 Å². The van der Waals surface area contributed by atoms with Crippen molar-refractivity contribution < 1.29 is 49.0 Å². The average molecular weight is 396 g/mol. The fraction of sp³-hybridized carbons (Fsp3) is 0.647. The number of hydrogen-bond acceptors (Lipinski definition) is 8. The first-order valence-electron chi connectivity index (χ1n) is 7.92. The van der Waals surface area contributed by atoms with Crippen LogP contribution in [0.5, 0.6) is 0 Å². The first kappa shape index (κ1) is 29.9. The molecule has 0 amide bonds. The zero-order chi connectivity index (χ0) is 21.7. The Morgan fingerprint density at radius 1 is 0.852 bits per heavy atom. The first-order chi connectivity index (χ1) is 12.6. The summed E-state index contributed by atoms with van der Waals surface area (Å²) in [6.07, 6.45) is -0.877. The Balaban J connectivity index is -0.000000394. The van der Waals surface area contributed by atoms with Gasteiger partial charge in [0.15, 0.2) is 6.29 Å². The van der Waals surface area contributed by atoms with E-state index in [2.05, 4.69) is 17.9 Å². The number of rotatable bonds is 13. The summed E-state index contributed by atoms with van der Waals surface area (Å²) in [5.41, 5.74) is 0.352. The molecule has 27 heavy (non-hydrogen) atoms.